The third kappa shape index (κ3) is 5.21. The van der Waals surface area contributed by atoms with Crippen molar-refractivity contribution in [3.8, 4) is 0 Å². The van der Waals surface area contributed by atoms with Crippen molar-refractivity contribution in [2.24, 2.45) is 0 Å². The number of nitrogens with one attached hydrogen (secondary N) is 1. The van der Waals surface area contributed by atoms with E-state index in [2.05, 4.69) is 21.2 Å². The van der Waals surface area contributed by atoms with E-state index in [0.29, 0.717) is 6.54 Å². The van der Waals surface area contributed by atoms with Crippen LogP contribution in [-0.4, -0.2) is 18.4 Å². The second-order valence-corrected chi connectivity index (χ2v) is 6.23. The van der Waals surface area contributed by atoms with Crippen molar-refractivity contribution in [2.75, 3.05) is 16.8 Å². The highest BCUT2D eigenvalue weighted by Crippen LogP contribution is 2.17. The summed E-state index contributed by atoms with van der Waals surface area (Å²) in [4.78, 5) is 25.5. The Bertz CT molecular complexity index is 698. The SMILES string of the molecule is CC(=O)N(CCC(=O)Nc1ccc(Br)cc1)c1cccc(C)c1. The molecule has 2 rings (SSSR count). The smallest absolute Gasteiger partial charge is 0.226 e. The Morgan fingerprint density at radius 1 is 1.13 bits per heavy atom. The number of rotatable bonds is 5. The fourth-order valence-electron chi connectivity index (χ4n) is 2.23. The summed E-state index contributed by atoms with van der Waals surface area (Å²) < 4.78 is 0.956. The number of nitrogens with zero attached hydrogens (tertiary/aromatic N) is 1. The first-order valence-electron chi connectivity index (χ1n) is 7.36. The quantitative estimate of drug-likeness (QED) is 0.854. The van der Waals surface area contributed by atoms with Crippen molar-refractivity contribution in [1.82, 2.24) is 0 Å². The van der Waals surface area contributed by atoms with Gasteiger partial charge in [0, 0.05) is 35.7 Å². The average Bonchev–Trinajstić information content (AvgIpc) is 2.49. The van der Waals surface area contributed by atoms with Gasteiger partial charge in [0.15, 0.2) is 0 Å². The Kier molecular flexibility index (Phi) is 5.93. The lowest BCUT2D eigenvalue weighted by Gasteiger charge is -2.21. The van der Waals surface area contributed by atoms with Crippen molar-refractivity contribution >= 4 is 39.1 Å². The van der Waals surface area contributed by atoms with Crippen LogP contribution in [0.4, 0.5) is 11.4 Å². The van der Waals surface area contributed by atoms with Gasteiger partial charge in [-0.3, -0.25) is 9.59 Å². The maximum absolute atomic E-state index is 12.1. The molecule has 2 aromatic rings. The number of amides is 2. The third-order valence-electron chi connectivity index (χ3n) is 3.38. The summed E-state index contributed by atoms with van der Waals surface area (Å²) in [5.74, 6) is -0.196. The minimum absolute atomic E-state index is 0.0768. The summed E-state index contributed by atoms with van der Waals surface area (Å²) in [5.41, 5.74) is 2.63. The molecule has 0 radical (unpaired) electrons. The van der Waals surface area contributed by atoms with E-state index in [1.165, 1.54) is 6.92 Å². The molecule has 0 saturated heterocycles. The van der Waals surface area contributed by atoms with Crippen LogP contribution in [0.2, 0.25) is 0 Å². The molecule has 0 aliphatic heterocycles. The summed E-state index contributed by atoms with van der Waals surface area (Å²) in [6.45, 7) is 3.83. The minimum Gasteiger partial charge on any atom is -0.326 e. The molecule has 0 bridgehead atoms. The monoisotopic (exact) mass is 374 g/mol. The Morgan fingerprint density at radius 2 is 1.83 bits per heavy atom. The summed E-state index contributed by atoms with van der Waals surface area (Å²) in [5, 5.41) is 2.83. The number of carbonyl (C=O) groups excluding carboxylic acids is 2. The maximum atomic E-state index is 12.1. The predicted octanol–water partition coefficient (Wildman–Crippen LogP) is 4.14. The lowest BCUT2D eigenvalue weighted by Crippen LogP contribution is -2.32. The van der Waals surface area contributed by atoms with Gasteiger partial charge >= 0.3 is 0 Å². The molecule has 0 spiro atoms. The highest BCUT2D eigenvalue weighted by molar-refractivity contribution is 9.10. The van der Waals surface area contributed by atoms with Gasteiger partial charge in [-0.2, -0.15) is 0 Å². The molecule has 5 heteroatoms. The number of hydrogen-bond acceptors (Lipinski definition) is 2. The van der Waals surface area contributed by atoms with Crippen molar-refractivity contribution in [1.29, 1.82) is 0 Å². The number of anilines is 2. The molecule has 0 aromatic heterocycles. The molecular weight excluding hydrogens is 356 g/mol. The molecule has 0 atom stereocenters. The molecule has 0 fully saturated rings. The molecule has 0 aliphatic carbocycles. The number of hydrogen-bond donors (Lipinski definition) is 1. The highest BCUT2D eigenvalue weighted by atomic mass is 79.9. The molecule has 0 saturated carbocycles. The lowest BCUT2D eigenvalue weighted by atomic mass is 10.2. The largest absolute Gasteiger partial charge is 0.326 e. The van der Waals surface area contributed by atoms with Crippen LogP contribution in [0, 0.1) is 6.92 Å². The van der Waals surface area contributed by atoms with Crippen LogP contribution in [-0.2, 0) is 9.59 Å². The first-order valence-corrected chi connectivity index (χ1v) is 8.15. The molecule has 120 valence electrons. The molecule has 2 aromatic carbocycles. The molecule has 0 heterocycles. The van der Waals surface area contributed by atoms with Gasteiger partial charge in [-0.25, -0.2) is 0 Å². The normalized spacial score (nSPS) is 10.2. The summed E-state index contributed by atoms with van der Waals surface area (Å²) in [7, 11) is 0. The Balaban J connectivity index is 1.97. The maximum Gasteiger partial charge on any atom is 0.226 e. The van der Waals surface area contributed by atoms with Gasteiger partial charge < -0.3 is 10.2 Å². The standard InChI is InChI=1S/C18H19BrN2O2/c1-13-4-3-5-17(12-13)21(14(2)22)11-10-18(23)20-16-8-6-15(19)7-9-16/h3-9,12H,10-11H2,1-2H3,(H,20,23). The van der Waals surface area contributed by atoms with Crippen molar-refractivity contribution in [2.45, 2.75) is 20.3 Å². The molecular formula is C18H19BrN2O2. The zero-order valence-electron chi connectivity index (χ0n) is 13.2. The Hall–Kier alpha value is -2.14. The van der Waals surface area contributed by atoms with Crippen LogP contribution in [0.1, 0.15) is 18.9 Å². The molecule has 23 heavy (non-hydrogen) atoms. The molecule has 0 unspecified atom stereocenters. The second-order valence-electron chi connectivity index (χ2n) is 5.31. The number of carbonyl (C=O) groups is 2. The van der Waals surface area contributed by atoms with Crippen LogP contribution in [0.5, 0.6) is 0 Å². The summed E-state index contributed by atoms with van der Waals surface area (Å²) in [6.07, 6.45) is 0.240. The van der Waals surface area contributed by atoms with Gasteiger partial charge in [0.25, 0.3) is 0 Å². The van der Waals surface area contributed by atoms with Gasteiger partial charge in [-0.05, 0) is 48.9 Å². The zero-order valence-corrected chi connectivity index (χ0v) is 14.8. The van der Waals surface area contributed by atoms with Crippen LogP contribution >= 0.6 is 15.9 Å². The molecule has 2 amide bonds. The van der Waals surface area contributed by atoms with Crippen molar-refractivity contribution in [3.63, 3.8) is 0 Å². The van der Waals surface area contributed by atoms with Crippen LogP contribution in [0.25, 0.3) is 0 Å². The highest BCUT2D eigenvalue weighted by Gasteiger charge is 2.13. The van der Waals surface area contributed by atoms with Gasteiger partial charge in [0.1, 0.15) is 0 Å². The topological polar surface area (TPSA) is 49.4 Å². The first kappa shape index (κ1) is 17.2. The van der Waals surface area contributed by atoms with Crippen molar-refractivity contribution in [3.05, 3.63) is 58.6 Å². The number of aryl methyl sites for hydroxylation is 1. The number of halogens is 1. The zero-order chi connectivity index (χ0) is 16.8. The van der Waals surface area contributed by atoms with E-state index in [0.717, 1.165) is 21.4 Å². The fourth-order valence-corrected chi connectivity index (χ4v) is 2.50. The molecule has 0 aliphatic rings. The first-order chi connectivity index (χ1) is 11.0. The summed E-state index contributed by atoms with van der Waals surface area (Å²) in [6, 6.07) is 15.1. The lowest BCUT2D eigenvalue weighted by molar-refractivity contribution is -0.117. The molecule has 4 nitrogen and oxygen atoms in total. The van der Waals surface area contributed by atoms with Crippen molar-refractivity contribution < 1.29 is 9.59 Å². The van der Waals surface area contributed by atoms with Gasteiger partial charge in [0.2, 0.25) is 11.8 Å². The van der Waals surface area contributed by atoms with E-state index in [1.54, 1.807) is 4.90 Å². The van der Waals surface area contributed by atoms with Gasteiger partial charge in [-0.15, -0.1) is 0 Å². The minimum atomic E-state index is -0.119. The van der Waals surface area contributed by atoms with Crippen LogP contribution in [0.3, 0.4) is 0 Å². The Labute approximate surface area is 144 Å². The van der Waals surface area contributed by atoms with Crippen LogP contribution < -0.4 is 10.2 Å². The molecule has 1 N–H and O–H groups in total. The van der Waals surface area contributed by atoms with E-state index in [-0.39, 0.29) is 18.2 Å². The van der Waals surface area contributed by atoms with E-state index in [9.17, 15) is 9.59 Å². The Morgan fingerprint density at radius 3 is 2.43 bits per heavy atom. The predicted molar refractivity (Wildman–Crippen MR) is 96.6 cm³/mol. The average molecular weight is 375 g/mol. The number of benzene rings is 2. The van der Waals surface area contributed by atoms with Crippen LogP contribution in [0.15, 0.2) is 53.0 Å². The van der Waals surface area contributed by atoms with E-state index >= 15 is 0 Å². The van der Waals surface area contributed by atoms with Gasteiger partial charge in [0.05, 0.1) is 0 Å². The van der Waals surface area contributed by atoms with E-state index < -0.39 is 0 Å². The summed E-state index contributed by atoms with van der Waals surface area (Å²) >= 11 is 3.35. The van der Waals surface area contributed by atoms with E-state index in [4.69, 9.17) is 0 Å². The van der Waals surface area contributed by atoms with Gasteiger partial charge in [-0.1, -0.05) is 28.1 Å². The third-order valence-corrected chi connectivity index (χ3v) is 3.91. The van der Waals surface area contributed by atoms with E-state index in [1.807, 2.05) is 55.5 Å². The second kappa shape index (κ2) is 7.92. The fraction of sp³-hybridized carbons (Fsp3) is 0.222.